The molecule has 0 unspecified atom stereocenters. The second-order valence-corrected chi connectivity index (χ2v) is 3.39. The van der Waals surface area contributed by atoms with Gasteiger partial charge in [0.05, 0.1) is 0 Å². The molecule has 1 aromatic rings. The highest BCUT2D eigenvalue weighted by molar-refractivity contribution is 5.80. The molecule has 0 saturated heterocycles. The molecule has 1 aliphatic rings. The molecular formula is C11H14O4. The lowest BCUT2D eigenvalue weighted by molar-refractivity contribution is -0.117. The van der Waals surface area contributed by atoms with E-state index in [0.29, 0.717) is 5.78 Å². The van der Waals surface area contributed by atoms with Crippen molar-refractivity contribution in [3.63, 3.8) is 0 Å². The number of benzene rings is 1. The molecule has 4 heteroatoms. The molecule has 2 rings (SSSR count). The van der Waals surface area contributed by atoms with Crippen LogP contribution in [-0.4, -0.2) is 21.1 Å². The van der Waals surface area contributed by atoms with Crippen LogP contribution in [0.4, 0.5) is 0 Å². The lowest BCUT2D eigenvalue weighted by Gasteiger charge is -1.96. The molecule has 3 N–H and O–H groups in total. The maximum Gasteiger partial charge on any atom is 0.200 e. The van der Waals surface area contributed by atoms with E-state index in [1.54, 1.807) is 0 Å². The average Bonchev–Trinajstić information content (AvgIpc) is 2.66. The zero-order valence-electron chi connectivity index (χ0n) is 8.31. The van der Waals surface area contributed by atoms with Crippen molar-refractivity contribution in [1.29, 1.82) is 0 Å². The summed E-state index contributed by atoms with van der Waals surface area (Å²) < 4.78 is 0. The van der Waals surface area contributed by atoms with Crippen LogP contribution in [0.5, 0.6) is 17.2 Å². The van der Waals surface area contributed by atoms with Crippen molar-refractivity contribution in [2.24, 2.45) is 0 Å². The molecule has 0 radical (unpaired) electrons. The summed E-state index contributed by atoms with van der Waals surface area (Å²) in [6.45, 7) is 0. The van der Waals surface area contributed by atoms with Gasteiger partial charge in [-0.25, -0.2) is 0 Å². The van der Waals surface area contributed by atoms with E-state index >= 15 is 0 Å². The number of ketones is 1. The van der Waals surface area contributed by atoms with Gasteiger partial charge in [0.15, 0.2) is 17.2 Å². The predicted molar refractivity (Wildman–Crippen MR) is 54.9 cm³/mol. The third kappa shape index (κ3) is 3.50. The Balaban J connectivity index is 0.000000162. The fourth-order valence-corrected chi connectivity index (χ4v) is 1.29. The van der Waals surface area contributed by atoms with E-state index in [2.05, 4.69) is 0 Å². The molecule has 0 bridgehead atoms. The normalized spacial score (nSPS) is 14.5. The number of hydrogen-bond acceptors (Lipinski definition) is 4. The van der Waals surface area contributed by atoms with Gasteiger partial charge in [0.1, 0.15) is 5.78 Å². The van der Waals surface area contributed by atoms with Gasteiger partial charge < -0.3 is 15.3 Å². The Labute approximate surface area is 87.8 Å². The van der Waals surface area contributed by atoms with E-state index in [4.69, 9.17) is 15.3 Å². The number of aromatic hydroxyl groups is 3. The summed E-state index contributed by atoms with van der Waals surface area (Å²) >= 11 is 0. The first-order valence-electron chi connectivity index (χ1n) is 4.83. The smallest absolute Gasteiger partial charge is 0.200 e. The van der Waals surface area contributed by atoms with Gasteiger partial charge in [-0.3, -0.25) is 4.79 Å². The number of Topliss-reactive ketones (excluding diaryl/α,β-unsaturated/α-hetero) is 1. The Morgan fingerprint density at radius 2 is 1.40 bits per heavy atom. The molecule has 0 heterocycles. The Kier molecular flexibility index (Phi) is 3.97. The molecular weight excluding hydrogens is 196 g/mol. The van der Waals surface area contributed by atoms with Crippen molar-refractivity contribution < 1.29 is 20.1 Å². The standard InChI is InChI=1S/C6H6O3.C5H8O/c7-4-2-1-3-5(8)6(4)9;6-5-3-1-2-4-5/h1-3,7-9H;1-4H2. The summed E-state index contributed by atoms with van der Waals surface area (Å²) in [6, 6.07) is 4.01. The lowest BCUT2D eigenvalue weighted by Crippen LogP contribution is -1.81. The summed E-state index contributed by atoms with van der Waals surface area (Å²) in [4.78, 5) is 10.2. The predicted octanol–water partition coefficient (Wildman–Crippen LogP) is 1.93. The van der Waals surface area contributed by atoms with Crippen molar-refractivity contribution >= 4 is 5.78 Å². The highest BCUT2D eigenvalue weighted by Gasteiger charge is 2.07. The van der Waals surface area contributed by atoms with E-state index in [1.807, 2.05) is 0 Å². The van der Waals surface area contributed by atoms with Gasteiger partial charge in [-0.1, -0.05) is 6.07 Å². The van der Waals surface area contributed by atoms with Crippen LogP contribution in [-0.2, 0) is 4.79 Å². The molecule has 1 aliphatic carbocycles. The van der Waals surface area contributed by atoms with Crippen molar-refractivity contribution in [3.05, 3.63) is 18.2 Å². The first-order chi connectivity index (χ1) is 7.11. The Morgan fingerprint density at radius 1 is 0.933 bits per heavy atom. The summed E-state index contributed by atoms with van der Waals surface area (Å²) in [6.07, 6.45) is 3.97. The summed E-state index contributed by atoms with van der Waals surface area (Å²) in [5.41, 5.74) is 0. The largest absolute Gasteiger partial charge is 0.504 e. The maximum absolute atomic E-state index is 10.2. The number of phenolic OH excluding ortho intramolecular Hbond substituents is 3. The Morgan fingerprint density at radius 3 is 1.67 bits per heavy atom. The fourth-order valence-electron chi connectivity index (χ4n) is 1.29. The molecule has 0 atom stereocenters. The van der Waals surface area contributed by atoms with Gasteiger partial charge in [0.25, 0.3) is 0 Å². The number of hydrogen-bond donors (Lipinski definition) is 3. The number of carbonyl (C=O) groups excluding carboxylic acids is 1. The van der Waals surface area contributed by atoms with Gasteiger partial charge in [-0.05, 0) is 25.0 Å². The number of carbonyl (C=O) groups is 1. The molecule has 0 spiro atoms. The molecule has 0 aliphatic heterocycles. The highest BCUT2D eigenvalue weighted by Crippen LogP contribution is 2.32. The van der Waals surface area contributed by atoms with Gasteiger partial charge in [0.2, 0.25) is 0 Å². The first-order valence-corrected chi connectivity index (χ1v) is 4.83. The quantitative estimate of drug-likeness (QED) is 0.572. The number of phenols is 3. The van der Waals surface area contributed by atoms with Crippen molar-refractivity contribution in [2.75, 3.05) is 0 Å². The van der Waals surface area contributed by atoms with Crippen molar-refractivity contribution in [2.45, 2.75) is 25.7 Å². The van der Waals surface area contributed by atoms with E-state index in [0.717, 1.165) is 25.7 Å². The molecule has 1 aromatic carbocycles. The second kappa shape index (κ2) is 5.24. The summed E-state index contributed by atoms with van der Waals surface area (Å²) in [5.74, 6) is -0.641. The highest BCUT2D eigenvalue weighted by atomic mass is 16.3. The summed E-state index contributed by atoms with van der Waals surface area (Å²) in [7, 11) is 0. The minimum atomic E-state index is -0.475. The van der Waals surface area contributed by atoms with Gasteiger partial charge in [0, 0.05) is 12.8 Å². The van der Waals surface area contributed by atoms with E-state index in [9.17, 15) is 4.79 Å². The topological polar surface area (TPSA) is 77.8 Å². The number of para-hydroxylation sites is 1. The third-order valence-corrected chi connectivity index (χ3v) is 2.15. The fraction of sp³-hybridized carbons (Fsp3) is 0.364. The molecule has 0 amide bonds. The van der Waals surface area contributed by atoms with Crippen molar-refractivity contribution in [1.82, 2.24) is 0 Å². The monoisotopic (exact) mass is 210 g/mol. The van der Waals surface area contributed by atoms with Crippen molar-refractivity contribution in [3.8, 4) is 17.2 Å². The molecule has 0 aromatic heterocycles. The van der Waals surface area contributed by atoms with Crippen LogP contribution >= 0.6 is 0 Å². The van der Waals surface area contributed by atoms with Crippen LogP contribution in [0.25, 0.3) is 0 Å². The molecule has 4 nitrogen and oxygen atoms in total. The molecule has 15 heavy (non-hydrogen) atoms. The van der Waals surface area contributed by atoms with Gasteiger partial charge in [-0.2, -0.15) is 0 Å². The SMILES string of the molecule is O=C1CCCC1.Oc1cccc(O)c1O. The van der Waals surface area contributed by atoms with Crippen LogP contribution in [0.15, 0.2) is 18.2 Å². The lowest BCUT2D eigenvalue weighted by atomic mass is 10.3. The molecule has 82 valence electrons. The zero-order chi connectivity index (χ0) is 11.3. The minimum Gasteiger partial charge on any atom is -0.504 e. The van der Waals surface area contributed by atoms with Crippen LogP contribution in [0, 0.1) is 0 Å². The summed E-state index contributed by atoms with van der Waals surface area (Å²) in [5, 5.41) is 26.1. The van der Waals surface area contributed by atoms with Gasteiger partial charge in [-0.15, -0.1) is 0 Å². The third-order valence-electron chi connectivity index (χ3n) is 2.15. The Bertz CT molecular complexity index is 318. The maximum atomic E-state index is 10.2. The zero-order valence-corrected chi connectivity index (χ0v) is 8.31. The van der Waals surface area contributed by atoms with Gasteiger partial charge >= 0.3 is 0 Å². The van der Waals surface area contributed by atoms with E-state index in [-0.39, 0.29) is 11.5 Å². The van der Waals surface area contributed by atoms with E-state index < -0.39 is 5.75 Å². The Hall–Kier alpha value is -1.71. The molecule has 1 saturated carbocycles. The second-order valence-electron chi connectivity index (χ2n) is 3.39. The van der Waals surface area contributed by atoms with E-state index in [1.165, 1.54) is 18.2 Å². The number of rotatable bonds is 0. The minimum absolute atomic E-state index is 0.310. The van der Waals surface area contributed by atoms with Crippen LogP contribution in [0.2, 0.25) is 0 Å². The first kappa shape index (κ1) is 11.4. The average molecular weight is 210 g/mol. The van der Waals surface area contributed by atoms with Crippen LogP contribution in [0.1, 0.15) is 25.7 Å². The molecule has 1 fully saturated rings. The van der Waals surface area contributed by atoms with Crippen LogP contribution in [0.3, 0.4) is 0 Å². The van der Waals surface area contributed by atoms with Crippen LogP contribution < -0.4 is 0 Å².